The van der Waals surface area contributed by atoms with Gasteiger partial charge in [-0.1, -0.05) is 6.92 Å². The zero-order valence-electron chi connectivity index (χ0n) is 11.1. The van der Waals surface area contributed by atoms with Crippen LogP contribution in [0.4, 0.5) is 10.1 Å². The van der Waals surface area contributed by atoms with E-state index in [1.165, 1.54) is 12.1 Å². The van der Waals surface area contributed by atoms with Crippen molar-refractivity contribution >= 4 is 17.6 Å². The molecule has 2 atom stereocenters. The minimum atomic E-state index is -1.22. The first-order valence-electron chi connectivity index (χ1n) is 6.50. The minimum absolute atomic E-state index is 0.0384. The highest BCUT2D eigenvalue weighted by Gasteiger charge is 2.30. The predicted octanol–water partition coefficient (Wildman–Crippen LogP) is 2.42. The van der Waals surface area contributed by atoms with E-state index in [1.54, 1.807) is 0 Å². The second kappa shape index (κ2) is 6.00. The number of ether oxygens (including phenoxy) is 1. The lowest BCUT2D eigenvalue weighted by molar-refractivity contribution is -0.126. The van der Waals surface area contributed by atoms with Gasteiger partial charge in [-0.3, -0.25) is 4.79 Å². The molecular weight excluding hydrogens is 265 g/mol. The number of hydrogen-bond acceptors (Lipinski definition) is 3. The van der Waals surface area contributed by atoms with E-state index in [0.717, 1.165) is 18.9 Å². The highest BCUT2D eigenvalue weighted by molar-refractivity contribution is 5.95. The van der Waals surface area contributed by atoms with E-state index in [2.05, 4.69) is 5.32 Å². The Kier molecular flexibility index (Phi) is 4.34. The summed E-state index contributed by atoms with van der Waals surface area (Å²) in [6, 6.07) is 3.36. The quantitative estimate of drug-likeness (QED) is 0.888. The molecule has 0 aromatic heterocycles. The standard InChI is InChI=1S/C14H16FNO4/c1-2-9-4-6-12(20-9)13(17)16-11-5-3-8(14(18)19)7-10(11)15/h3,5,7,9,12H,2,4,6H2,1H3,(H,16,17)(H,18,19). The van der Waals surface area contributed by atoms with Gasteiger partial charge < -0.3 is 15.2 Å². The molecule has 1 aromatic carbocycles. The van der Waals surface area contributed by atoms with Gasteiger partial charge in [-0.25, -0.2) is 9.18 Å². The minimum Gasteiger partial charge on any atom is -0.478 e. The van der Waals surface area contributed by atoms with Crippen LogP contribution < -0.4 is 5.32 Å². The van der Waals surface area contributed by atoms with Gasteiger partial charge in [0.2, 0.25) is 0 Å². The molecule has 2 rings (SSSR count). The fourth-order valence-corrected chi connectivity index (χ4v) is 2.16. The molecule has 0 bridgehead atoms. The first kappa shape index (κ1) is 14.5. The molecule has 6 heteroatoms. The van der Waals surface area contributed by atoms with E-state index < -0.39 is 23.8 Å². The maximum atomic E-state index is 13.7. The number of aromatic carboxylic acids is 1. The number of hydrogen-bond donors (Lipinski definition) is 2. The molecule has 1 saturated heterocycles. The van der Waals surface area contributed by atoms with E-state index in [-0.39, 0.29) is 17.4 Å². The molecule has 20 heavy (non-hydrogen) atoms. The largest absolute Gasteiger partial charge is 0.478 e. The summed E-state index contributed by atoms with van der Waals surface area (Å²) in [5.41, 5.74) is -0.202. The Hall–Kier alpha value is -1.95. The third-order valence-electron chi connectivity index (χ3n) is 3.33. The molecule has 2 unspecified atom stereocenters. The average molecular weight is 281 g/mol. The summed E-state index contributed by atoms with van der Waals surface area (Å²) >= 11 is 0. The SMILES string of the molecule is CCC1CCC(C(=O)Nc2ccc(C(=O)O)cc2F)O1. The Bertz CT molecular complexity index is 532. The Morgan fingerprint density at radius 2 is 2.20 bits per heavy atom. The zero-order valence-corrected chi connectivity index (χ0v) is 11.1. The van der Waals surface area contributed by atoms with Gasteiger partial charge in [0.25, 0.3) is 5.91 Å². The third-order valence-corrected chi connectivity index (χ3v) is 3.33. The van der Waals surface area contributed by atoms with Gasteiger partial charge in [0.15, 0.2) is 0 Å². The molecule has 1 fully saturated rings. The van der Waals surface area contributed by atoms with Crippen LogP contribution in [0.3, 0.4) is 0 Å². The Labute approximate surface area is 115 Å². The number of carbonyl (C=O) groups is 2. The summed E-state index contributed by atoms with van der Waals surface area (Å²) in [6.07, 6.45) is 1.77. The van der Waals surface area contributed by atoms with Gasteiger partial charge in [0, 0.05) is 0 Å². The van der Waals surface area contributed by atoms with Gasteiger partial charge >= 0.3 is 5.97 Å². The molecule has 1 aliphatic rings. The Morgan fingerprint density at radius 1 is 1.45 bits per heavy atom. The number of rotatable bonds is 4. The number of amides is 1. The molecule has 2 N–H and O–H groups in total. The van der Waals surface area contributed by atoms with Crippen molar-refractivity contribution in [3.8, 4) is 0 Å². The lowest BCUT2D eigenvalue weighted by Crippen LogP contribution is -2.28. The van der Waals surface area contributed by atoms with Crippen LogP contribution in [0.2, 0.25) is 0 Å². The summed E-state index contributed by atoms with van der Waals surface area (Å²) < 4.78 is 19.2. The molecule has 0 spiro atoms. The fourth-order valence-electron chi connectivity index (χ4n) is 2.16. The molecule has 1 aromatic rings. The van der Waals surface area contributed by atoms with Crippen LogP contribution in [0.5, 0.6) is 0 Å². The first-order valence-corrected chi connectivity index (χ1v) is 6.50. The maximum Gasteiger partial charge on any atom is 0.335 e. The molecular formula is C14H16FNO4. The van der Waals surface area contributed by atoms with Crippen molar-refractivity contribution in [2.45, 2.75) is 38.4 Å². The summed E-state index contributed by atoms with van der Waals surface area (Å²) in [5.74, 6) is -2.39. The van der Waals surface area contributed by atoms with Gasteiger partial charge in [0.1, 0.15) is 11.9 Å². The molecule has 0 saturated carbocycles. The summed E-state index contributed by atoms with van der Waals surface area (Å²) in [5, 5.41) is 11.2. The van der Waals surface area contributed by atoms with Gasteiger partial charge in [-0.2, -0.15) is 0 Å². The number of carboxylic acids is 1. The molecule has 1 aliphatic heterocycles. The van der Waals surface area contributed by atoms with E-state index in [1.807, 2.05) is 6.92 Å². The van der Waals surface area contributed by atoms with E-state index >= 15 is 0 Å². The number of carboxylic acid groups (broad SMARTS) is 1. The van der Waals surface area contributed by atoms with Crippen molar-refractivity contribution in [1.29, 1.82) is 0 Å². The van der Waals surface area contributed by atoms with Crippen molar-refractivity contribution in [3.63, 3.8) is 0 Å². The van der Waals surface area contributed by atoms with Gasteiger partial charge in [-0.05, 0) is 37.5 Å². The van der Waals surface area contributed by atoms with Crippen LogP contribution in [0.25, 0.3) is 0 Å². The van der Waals surface area contributed by atoms with Crippen molar-refractivity contribution in [2.75, 3.05) is 5.32 Å². The second-order valence-electron chi connectivity index (χ2n) is 4.72. The lowest BCUT2D eigenvalue weighted by atomic mass is 10.1. The summed E-state index contributed by atoms with van der Waals surface area (Å²) in [4.78, 5) is 22.6. The van der Waals surface area contributed by atoms with Crippen molar-refractivity contribution < 1.29 is 23.8 Å². The summed E-state index contributed by atoms with van der Waals surface area (Å²) in [7, 11) is 0. The van der Waals surface area contributed by atoms with Crippen LogP contribution in [-0.2, 0) is 9.53 Å². The van der Waals surface area contributed by atoms with Gasteiger partial charge in [0.05, 0.1) is 17.4 Å². The van der Waals surface area contributed by atoms with Crippen LogP contribution in [0, 0.1) is 5.82 Å². The van der Waals surface area contributed by atoms with Crippen LogP contribution in [0.15, 0.2) is 18.2 Å². The normalized spacial score (nSPS) is 21.7. The molecule has 0 radical (unpaired) electrons. The number of carbonyl (C=O) groups excluding carboxylic acids is 1. The van der Waals surface area contributed by atoms with Crippen LogP contribution in [0.1, 0.15) is 36.5 Å². The number of nitrogens with one attached hydrogen (secondary N) is 1. The maximum absolute atomic E-state index is 13.7. The molecule has 108 valence electrons. The monoisotopic (exact) mass is 281 g/mol. The van der Waals surface area contributed by atoms with E-state index in [4.69, 9.17) is 9.84 Å². The van der Waals surface area contributed by atoms with E-state index in [9.17, 15) is 14.0 Å². The number of anilines is 1. The van der Waals surface area contributed by atoms with E-state index in [0.29, 0.717) is 6.42 Å². The third kappa shape index (κ3) is 3.14. The van der Waals surface area contributed by atoms with Crippen LogP contribution in [-0.4, -0.2) is 29.2 Å². The smallest absolute Gasteiger partial charge is 0.335 e. The topological polar surface area (TPSA) is 75.6 Å². The van der Waals surface area contributed by atoms with Crippen molar-refractivity contribution in [3.05, 3.63) is 29.6 Å². The van der Waals surface area contributed by atoms with Crippen molar-refractivity contribution in [1.82, 2.24) is 0 Å². The fraction of sp³-hybridized carbons (Fsp3) is 0.429. The molecule has 0 aliphatic carbocycles. The zero-order chi connectivity index (χ0) is 14.7. The van der Waals surface area contributed by atoms with Crippen LogP contribution >= 0.6 is 0 Å². The van der Waals surface area contributed by atoms with Crippen molar-refractivity contribution in [2.24, 2.45) is 0 Å². The molecule has 1 amide bonds. The summed E-state index contributed by atoms with van der Waals surface area (Å²) in [6.45, 7) is 1.98. The average Bonchev–Trinajstić information content (AvgIpc) is 2.89. The number of benzene rings is 1. The highest BCUT2D eigenvalue weighted by atomic mass is 19.1. The Balaban J connectivity index is 2.03. The first-order chi connectivity index (χ1) is 9.51. The molecule has 5 nitrogen and oxygen atoms in total. The highest BCUT2D eigenvalue weighted by Crippen LogP contribution is 2.24. The van der Waals surface area contributed by atoms with Gasteiger partial charge in [-0.15, -0.1) is 0 Å². The predicted molar refractivity (Wildman–Crippen MR) is 70.2 cm³/mol. The molecule has 1 heterocycles. The second-order valence-corrected chi connectivity index (χ2v) is 4.72. The lowest BCUT2D eigenvalue weighted by Gasteiger charge is -2.13. The number of halogens is 1. The Morgan fingerprint density at radius 3 is 2.75 bits per heavy atom.